The van der Waals surface area contributed by atoms with E-state index in [1.807, 2.05) is 6.07 Å². The first-order valence-corrected chi connectivity index (χ1v) is 10.4. The molecule has 2 aromatic carbocycles. The Bertz CT molecular complexity index is 1130. The van der Waals surface area contributed by atoms with E-state index in [2.05, 4.69) is 33.0 Å². The second kappa shape index (κ2) is 6.93. The molecule has 1 aromatic heterocycles. The van der Waals surface area contributed by atoms with Crippen LogP contribution in [-0.4, -0.2) is 23.8 Å². The third-order valence-corrected chi connectivity index (χ3v) is 6.31. The molecule has 0 aliphatic rings. The first-order valence-electron chi connectivity index (χ1n) is 7.28. The molecule has 6 nitrogen and oxygen atoms in total. The van der Waals surface area contributed by atoms with Gasteiger partial charge in [-0.25, -0.2) is 18.1 Å². The number of hydrogen-bond acceptors (Lipinski definition) is 5. The van der Waals surface area contributed by atoms with Gasteiger partial charge in [0.05, 0.1) is 27.2 Å². The minimum Gasteiger partial charge on any atom is -0.289 e. The number of aromatic nitrogens is 2. The van der Waals surface area contributed by atoms with Gasteiger partial charge in [0.15, 0.2) is 9.84 Å². The van der Waals surface area contributed by atoms with Crippen LogP contribution in [0.25, 0.3) is 10.9 Å². The van der Waals surface area contributed by atoms with Crippen molar-refractivity contribution in [2.75, 3.05) is 11.2 Å². The molecule has 0 fully saturated rings. The molecule has 25 heavy (non-hydrogen) atoms. The van der Waals surface area contributed by atoms with Crippen molar-refractivity contribution >= 4 is 60.6 Å². The predicted molar refractivity (Wildman–Crippen MR) is 107 cm³/mol. The van der Waals surface area contributed by atoms with E-state index in [9.17, 15) is 13.2 Å². The maximum absolute atomic E-state index is 12.7. The fourth-order valence-corrected chi connectivity index (χ4v) is 4.01. The molecule has 0 aliphatic carbocycles. The highest BCUT2D eigenvalue weighted by Crippen LogP contribution is 2.26. The van der Waals surface area contributed by atoms with E-state index >= 15 is 0 Å². The average Bonchev–Trinajstić information content (AvgIpc) is 2.58. The number of nitrogens with one attached hydrogen (secondary N) is 1. The summed E-state index contributed by atoms with van der Waals surface area (Å²) in [6.07, 6.45) is 1.32. The Labute approximate surface area is 162 Å². The van der Waals surface area contributed by atoms with Crippen molar-refractivity contribution in [2.24, 2.45) is 0 Å². The molecular formula is C16H13ClIN3O3S. The van der Waals surface area contributed by atoms with Crippen LogP contribution in [0.15, 0.2) is 52.4 Å². The zero-order valence-electron chi connectivity index (χ0n) is 13.0. The number of benzene rings is 2. The molecule has 9 heteroatoms. The minimum absolute atomic E-state index is 0.0631. The molecule has 3 rings (SSSR count). The minimum atomic E-state index is -3.49. The number of hydrogen-bond donors (Lipinski definition) is 1. The molecule has 0 amide bonds. The molecular weight excluding hydrogens is 477 g/mol. The molecule has 0 bridgehead atoms. The van der Waals surface area contributed by atoms with E-state index in [1.165, 1.54) is 24.5 Å². The number of fused-ring (bicyclic) bond motifs is 1. The monoisotopic (exact) mass is 489 g/mol. The van der Waals surface area contributed by atoms with Crippen LogP contribution in [0.4, 0.5) is 5.69 Å². The molecule has 3 aromatic rings. The summed E-state index contributed by atoms with van der Waals surface area (Å²) >= 11 is 8.11. The molecule has 1 N–H and O–H groups in total. The third kappa shape index (κ3) is 3.65. The molecule has 0 radical (unpaired) electrons. The van der Waals surface area contributed by atoms with Gasteiger partial charge in [-0.2, -0.15) is 0 Å². The van der Waals surface area contributed by atoms with Crippen molar-refractivity contribution in [1.29, 1.82) is 0 Å². The standard InChI is InChI=1S/C16H13ClIN3O3S/c1-2-25(23,24)15-6-3-10(17)7-14(15)20-21-9-19-13-5-4-11(18)8-12(13)16(21)22/h3-9,20H,2H2,1H3. The zero-order valence-corrected chi connectivity index (χ0v) is 16.8. The van der Waals surface area contributed by atoms with Crippen LogP contribution in [0.2, 0.25) is 5.02 Å². The van der Waals surface area contributed by atoms with Crippen LogP contribution in [0.1, 0.15) is 6.92 Å². The Morgan fingerprint density at radius 1 is 1.24 bits per heavy atom. The fraction of sp³-hybridized carbons (Fsp3) is 0.125. The molecule has 1 heterocycles. The van der Waals surface area contributed by atoms with E-state index in [0.29, 0.717) is 15.9 Å². The van der Waals surface area contributed by atoms with E-state index < -0.39 is 9.84 Å². The summed E-state index contributed by atoms with van der Waals surface area (Å²) in [6, 6.07) is 9.73. The topological polar surface area (TPSA) is 81.1 Å². The van der Waals surface area contributed by atoms with Gasteiger partial charge in [0.2, 0.25) is 0 Å². The SMILES string of the molecule is CCS(=O)(=O)c1ccc(Cl)cc1Nn1cnc2ccc(I)cc2c1=O. The van der Waals surface area contributed by atoms with Crippen LogP contribution < -0.4 is 11.0 Å². The van der Waals surface area contributed by atoms with Crippen LogP contribution in [0.3, 0.4) is 0 Å². The lowest BCUT2D eigenvalue weighted by Gasteiger charge is -2.14. The van der Waals surface area contributed by atoms with Crippen molar-refractivity contribution in [2.45, 2.75) is 11.8 Å². The molecule has 0 unspecified atom stereocenters. The van der Waals surface area contributed by atoms with Gasteiger partial charge in [-0.15, -0.1) is 0 Å². The highest BCUT2D eigenvalue weighted by molar-refractivity contribution is 14.1. The van der Waals surface area contributed by atoms with Gasteiger partial charge in [-0.3, -0.25) is 10.2 Å². The summed E-state index contributed by atoms with van der Waals surface area (Å²) in [6.45, 7) is 1.55. The Kier molecular flexibility index (Phi) is 5.03. The van der Waals surface area contributed by atoms with Gasteiger partial charge in [-0.1, -0.05) is 18.5 Å². The first kappa shape index (κ1) is 18.2. The summed E-state index contributed by atoms with van der Waals surface area (Å²) in [4.78, 5) is 17.0. The summed E-state index contributed by atoms with van der Waals surface area (Å²) in [5.74, 6) is -0.0631. The smallest absolute Gasteiger partial charge is 0.280 e. The lowest BCUT2D eigenvalue weighted by atomic mass is 10.2. The van der Waals surface area contributed by atoms with Crippen molar-refractivity contribution in [3.63, 3.8) is 0 Å². The van der Waals surface area contributed by atoms with Crippen molar-refractivity contribution in [3.8, 4) is 0 Å². The summed E-state index contributed by atoms with van der Waals surface area (Å²) in [5, 5.41) is 0.790. The van der Waals surface area contributed by atoms with Crippen molar-refractivity contribution < 1.29 is 8.42 Å². The highest BCUT2D eigenvalue weighted by atomic mass is 127. The maximum Gasteiger partial charge on any atom is 0.280 e. The normalized spacial score (nSPS) is 11.6. The number of halogens is 2. The fourth-order valence-electron chi connectivity index (χ4n) is 2.32. The van der Waals surface area contributed by atoms with Gasteiger partial charge in [0, 0.05) is 8.59 Å². The van der Waals surface area contributed by atoms with Gasteiger partial charge in [0.25, 0.3) is 5.56 Å². The molecule has 130 valence electrons. The highest BCUT2D eigenvalue weighted by Gasteiger charge is 2.18. The van der Waals surface area contributed by atoms with Crippen molar-refractivity contribution in [3.05, 3.63) is 61.7 Å². The van der Waals surface area contributed by atoms with Crippen LogP contribution in [0.5, 0.6) is 0 Å². The lowest BCUT2D eigenvalue weighted by Crippen LogP contribution is -2.27. The number of nitrogens with zero attached hydrogens (tertiary/aromatic N) is 2. The van der Waals surface area contributed by atoms with Crippen molar-refractivity contribution in [1.82, 2.24) is 9.66 Å². The molecule has 0 atom stereocenters. The lowest BCUT2D eigenvalue weighted by molar-refractivity contribution is 0.597. The second-order valence-corrected chi connectivity index (χ2v) is 9.17. The van der Waals surface area contributed by atoms with Gasteiger partial charge in [-0.05, 0) is 59.0 Å². The van der Waals surface area contributed by atoms with Gasteiger partial charge in [0.1, 0.15) is 6.33 Å². The summed E-state index contributed by atoms with van der Waals surface area (Å²) in [7, 11) is -3.49. The van der Waals surface area contributed by atoms with Gasteiger partial charge >= 0.3 is 0 Å². The predicted octanol–water partition coefficient (Wildman–Crippen LogP) is 3.32. The van der Waals surface area contributed by atoms with Crippen LogP contribution >= 0.6 is 34.2 Å². The Hall–Kier alpha value is -1.65. The number of rotatable bonds is 4. The quantitative estimate of drug-likeness (QED) is 0.569. The Morgan fingerprint density at radius 3 is 2.72 bits per heavy atom. The third-order valence-electron chi connectivity index (χ3n) is 3.62. The van der Waals surface area contributed by atoms with E-state index in [-0.39, 0.29) is 21.9 Å². The van der Waals surface area contributed by atoms with Gasteiger partial charge < -0.3 is 0 Å². The second-order valence-electron chi connectivity index (χ2n) is 5.24. The maximum atomic E-state index is 12.7. The Morgan fingerprint density at radius 2 is 2.00 bits per heavy atom. The van der Waals surface area contributed by atoms with Crippen LogP contribution in [0, 0.1) is 3.57 Å². The molecule has 0 saturated heterocycles. The number of sulfone groups is 1. The average molecular weight is 490 g/mol. The molecule has 0 aliphatic heterocycles. The van der Waals surface area contributed by atoms with E-state index in [0.717, 1.165) is 8.25 Å². The first-order chi connectivity index (χ1) is 11.8. The number of anilines is 1. The Balaban J connectivity index is 2.15. The zero-order chi connectivity index (χ0) is 18.2. The molecule has 0 spiro atoms. The van der Waals surface area contributed by atoms with Crippen LogP contribution in [-0.2, 0) is 9.84 Å². The van der Waals surface area contributed by atoms with E-state index in [4.69, 9.17) is 11.6 Å². The summed E-state index contributed by atoms with van der Waals surface area (Å²) in [5.41, 5.74) is 3.27. The van der Waals surface area contributed by atoms with E-state index in [1.54, 1.807) is 19.1 Å². The summed E-state index contributed by atoms with van der Waals surface area (Å²) < 4.78 is 26.6. The largest absolute Gasteiger partial charge is 0.289 e. The molecule has 0 saturated carbocycles.